The second kappa shape index (κ2) is 15.1. The number of fused-ring (bicyclic) bond motifs is 13. The van der Waals surface area contributed by atoms with Gasteiger partial charge in [-0.1, -0.05) is 196 Å². The zero-order valence-corrected chi connectivity index (χ0v) is 35.8. The van der Waals surface area contributed by atoms with Crippen LogP contribution in [0.3, 0.4) is 0 Å². The van der Waals surface area contributed by atoms with Crippen LogP contribution in [0.25, 0.3) is 125 Å². The van der Waals surface area contributed by atoms with Gasteiger partial charge in [0.2, 0.25) is 5.95 Å². The molecule has 298 valence electrons. The molecule has 3 heterocycles. The molecule has 0 saturated carbocycles. The van der Waals surface area contributed by atoms with E-state index in [4.69, 9.17) is 9.97 Å². The van der Waals surface area contributed by atoms with Crippen molar-refractivity contribution in [3.8, 4) is 39.5 Å². The highest BCUT2D eigenvalue weighted by atomic mass is 32.1. The molecule has 0 atom stereocenters. The van der Waals surface area contributed by atoms with E-state index in [0.29, 0.717) is 5.95 Å². The van der Waals surface area contributed by atoms with E-state index in [1.807, 2.05) is 11.3 Å². The third kappa shape index (κ3) is 5.94. The lowest BCUT2D eigenvalue weighted by Gasteiger charge is -2.15. The van der Waals surface area contributed by atoms with E-state index in [-0.39, 0.29) is 0 Å². The molecule has 13 aromatic rings. The number of aromatic nitrogens is 3. The van der Waals surface area contributed by atoms with Crippen LogP contribution in [0.5, 0.6) is 0 Å². The van der Waals surface area contributed by atoms with Crippen LogP contribution in [0.15, 0.2) is 200 Å². The molecule has 0 radical (unpaired) electrons. The summed E-state index contributed by atoms with van der Waals surface area (Å²) in [7, 11) is 0. The fourth-order valence-corrected chi connectivity index (χ4v) is 10.8. The van der Waals surface area contributed by atoms with E-state index in [1.165, 1.54) is 86.4 Å². The number of benzene rings is 10. The molecule has 0 unspecified atom stereocenters. The van der Waals surface area contributed by atoms with Crippen LogP contribution in [0.4, 0.5) is 0 Å². The third-order valence-electron chi connectivity index (χ3n) is 12.4. The Kier molecular flexibility index (Phi) is 8.87. The topological polar surface area (TPSA) is 30.7 Å². The zero-order chi connectivity index (χ0) is 42.0. The second-order valence-electron chi connectivity index (χ2n) is 16.4. The molecule has 13 rings (SSSR count). The van der Waals surface area contributed by atoms with Crippen molar-refractivity contribution in [3.05, 3.63) is 200 Å². The van der Waals surface area contributed by atoms with Crippen molar-refractivity contribution in [2.45, 2.75) is 20.3 Å². The van der Waals surface area contributed by atoms with Crippen molar-refractivity contribution in [2.24, 2.45) is 0 Å². The van der Waals surface area contributed by atoms with E-state index in [9.17, 15) is 0 Å². The third-order valence-corrected chi connectivity index (χ3v) is 13.5. The Morgan fingerprint density at radius 2 is 0.952 bits per heavy atom. The first-order valence-electron chi connectivity index (χ1n) is 21.8. The molecule has 3 aromatic heterocycles. The van der Waals surface area contributed by atoms with Crippen LogP contribution < -0.4 is 0 Å². The Morgan fingerprint density at radius 1 is 0.397 bits per heavy atom. The summed E-state index contributed by atoms with van der Waals surface area (Å²) in [4.78, 5) is 11.1. The minimum atomic E-state index is 0.650. The van der Waals surface area contributed by atoms with Crippen molar-refractivity contribution < 1.29 is 0 Å². The van der Waals surface area contributed by atoms with Crippen LogP contribution in [0.1, 0.15) is 20.3 Å². The number of para-hydroxylation sites is 2. The molecule has 0 fully saturated rings. The van der Waals surface area contributed by atoms with Crippen LogP contribution in [-0.4, -0.2) is 14.5 Å². The summed E-state index contributed by atoms with van der Waals surface area (Å²) in [5.41, 5.74) is 9.77. The fourth-order valence-electron chi connectivity index (χ4n) is 9.72. The Bertz CT molecular complexity index is 3910. The van der Waals surface area contributed by atoms with E-state index in [2.05, 4.69) is 219 Å². The molecule has 63 heavy (non-hydrogen) atoms. The molecular formula is C59H41N3S. The Hall–Kier alpha value is -7.66. The first-order chi connectivity index (χ1) is 31.2. The second-order valence-corrected chi connectivity index (χ2v) is 17.4. The summed E-state index contributed by atoms with van der Waals surface area (Å²) >= 11 is 1.85. The van der Waals surface area contributed by atoms with Crippen molar-refractivity contribution in [1.82, 2.24) is 14.5 Å². The maximum Gasteiger partial charge on any atom is 0.235 e. The molecule has 0 saturated heterocycles. The lowest BCUT2D eigenvalue weighted by Crippen LogP contribution is -2.04. The number of nitrogens with zero attached hydrogens (tertiary/aromatic N) is 3. The Morgan fingerprint density at radius 3 is 1.76 bits per heavy atom. The molecule has 0 aliphatic carbocycles. The SMILES string of the molecule is CCC.c1ccc2c(-c3ccc(-c4nc(-n5c6c(-c7ccc8sc9ccccc9c8c7)cccc6c6c7ccccc7c7ccccc7c65)nc5ccccc45)cc3)cccc2c1. The highest BCUT2D eigenvalue weighted by Gasteiger charge is 2.24. The van der Waals surface area contributed by atoms with Crippen LogP contribution in [0, 0.1) is 0 Å². The lowest BCUT2D eigenvalue weighted by molar-refractivity contribution is 1.02. The maximum atomic E-state index is 5.62. The summed E-state index contributed by atoms with van der Waals surface area (Å²) in [6.07, 6.45) is 1.25. The summed E-state index contributed by atoms with van der Waals surface area (Å²) in [6.45, 7) is 4.25. The van der Waals surface area contributed by atoms with Gasteiger partial charge in [-0.15, -0.1) is 11.3 Å². The van der Waals surface area contributed by atoms with Crippen LogP contribution in [-0.2, 0) is 0 Å². The first-order valence-corrected chi connectivity index (χ1v) is 22.6. The van der Waals surface area contributed by atoms with Crippen molar-refractivity contribution >= 4 is 96.5 Å². The van der Waals surface area contributed by atoms with Gasteiger partial charge in [0.05, 0.1) is 22.2 Å². The molecule has 0 amide bonds. The smallest absolute Gasteiger partial charge is 0.235 e. The van der Waals surface area contributed by atoms with Gasteiger partial charge in [-0.05, 0) is 67.9 Å². The monoisotopic (exact) mass is 823 g/mol. The van der Waals surface area contributed by atoms with Gasteiger partial charge in [-0.25, -0.2) is 9.97 Å². The van der Waals surface area contributed by atoms with Crippen molar-refractivity contribution in [2.75, 3.05) is 0 Å². The minimum absolute atomic E-state index is 0.650. The van der Waals surface area contributed by atoms with Gasteiger partial charge in [0, 0.05) is 52.8 Å². The Balaban J connectivity index is 0.00000137. The van der Waals surface area contributed by atoms with Gasteiger partial charge in [0.25, 0.3) is 0 Å². The highest BCUT2D eigenvalue weighted by molar-refractivity contribution is 7.25. The number of rotatable bonds is 4. The quantitative estimate of drug-likeness (QED) is 0.166. The molecule has 0 aliphatic heterocycles. The van der Waals surface area contributed by atoms with Gasteiger partial charge in [-0.3, -0.25) is 4.57 Å². The molecule has 0 N–H and O–H groups in total. The summed E-state index contributed by atoms with van der Waals surface area (Å²) in [5, 5.41) is 13.3. The lowest BCUT2D eigenvalue weighted by atomic mass is 9.95. The normalized spacial score (nSPS) is 11.7. The zero-order valence-electron chi connectivity index (χ0n) is 35.0. The molecule has 0 bridgehead atoms. The molecular weight excluding hydrogens is 783 g/mol. The number of hydrogen-bond acceptors (Lipinski definition) is 3. The van der Waals surface area contributed by atoms with E-state index >= 15 is 0 Å². The first kappa shape index (κ1) is 37.1. The van der Waals surface area contributed by atoms with Gasteiger partial charge in [-0.2, -0.15) is 0 Å². The van der Waals surface area contributed by atoms with Gasteiger partial charge in [0.15, 0.2) is 0 Å². The predicted molar refractivity (Wildman–Crippen MR) is 272 cm³/mol. The summed E-state index contributed by atoms with van der Waals surface area (Å²) in [6, 6.07) is 72.6. The summed E-state index contributed by atoms with van der Waals surface area (Å²) < 4.78 is 4.96. The number of hydrogen-bond donors (Lipinski definition) is 0. The molecule has 0 aliphatic rings. The fraction of sp³-hybridized carbons (Fsp3) is 0.0508. The van der Waals surface area contributed by atoms with Gasteiger partial charge < -0.3 is 0 Å². The maximum absolute atomic E-state index is 5.62. The van der Waals surface area contributed by atoms with E-state index < -0.39 is 0 Å². The van der Waals surface area contributed by atoms with Crippen molar-refractivity contribution in [3.63, 3.8) is 0 Å². The largest absolute Gasteiger partial charge is 0.277 e. The van der Waals surface area contributed by atoms with Gasteiger partial charge in [0.1, 0.15) is 0 Å². The van der Waals surface area contributed by atoms with Crippen molar-refractivity contribution in [1.29, 1.82) is 0 Å². The predicted octanol–water partition coefficient (Wildman–Crippen LogP) is 17.0. The summed E-state index contributed by atoms with van der Waals surface area (Å²) in [5.74, 6) is 0.650. The average Bonchev–Trinajstić information content (AvgIpc) is 3.90. The van der Waals surface area contributed by atoms with Crippen LogP contribution in [0.2, 0.25) is 0 Å². The molecule has 10 aromatic carbocycles. The number of thiophene rings is 1. The van der Waals surface area contributed by atoms with Crippen LogP contribution >= 0.6 is 11.3 Å². The molecule has 3 nitrogen and oxygen atoms in total. The highest BCUT2D eigenvalue weighted by Crippen LogP contribution is 2.46. The standard InChI is InChI=1S/C56H33N3S.C3H8/c1-2-15-38-34(13-1)14-11-22-39(38)35-27-29-36(30-28-35)53-46-21-7-9-25-49(46)57-56(58-53)59-54-40(37-31-32-51-48(33-37)43-18-8-10-26-50(43)60-51)23-12-24-47(54)52-44-19-5-3-16-41(44)42-17-4-6-20-45(42)55(52)59;1-3-2/h1-33H;3H2,1-2H3. The van der Waals surface area contributed by atoms with Gasteiger partial charge >= 0.3 is 0 Å². The molecule has 0 spiro atoms. The minimum Gasteiger partial charge on any atom is -0.277 e. The van der Waals surface area contributed by atoms with E-state index in [0.717, 1.165) is 38.8 Å². The Labute approximate surface area is 369 Å². The average molecular weight is 824 g/mol. The van der Waals surface area contributed by atoms with E-state index in [1.54, 1.807) is 0 Å². The molecule has 4 heteroatoms.